The maximum Gasteiger partial charge on any atom is 0.255 e. The molecule has 5 nitrogen and oxygen atoms in total. The summed E-state index contributed by atoms with van der Waals surface area (Å²) in [7, 11) is 0. The van der Waals surface area contributed by atoms with Gasteiger partial charge in [0.15, 0.2) is 0 Å². The zero-order chi connectivity index (χ0) is 21.1. The summed E-state index contributed by atoms with van der Waals surface area (Å²) >= 11 is 0. The van der Waals surface area contributed by atoms with Gasteiger partial charge < -0.3 is 21.3 Å². The van der Waals surface area contributed by atoms with E-state index in [2.05, 4.69) is 34.6 Å². The Balaban J connectivity index is 1.66. The first-order valence-corrected chi connectivity index (χ1v) is 10.3. The average Bonchev–Trinajstić information content (AvgIpc) is 2.75. The fraction of sp³-hybridized carbons (Fsp3) is 0.292. The fourth-order valence-corrected chi connectivity index (χ4v) is 4.00. The van der Waals surface area contributed by atoms with Crippen molar-refractivity contribution >= 4 is 28.9 Å². The SMILES string of the molecule is CC1=c2ccc(C(=O)Nc3cc(F)ccc3N)cc2=CC=C(N2CCNCC2)CC1. The van der Waals surface area contributed by atoms with Crippen LogP contribution in [0.15, 0.2) is 48.2 Å². The summed E-state index contributed by atoms with van der Waals surface area (Å²) < 4.78 is 13.5. The lowest BCUT2D eigenvalue weighted by molar-refractivity contribution is 0.102. The molecular formula is C24H27FN4O. The molecule has 4 rings (SSSR count). The number of nitrogen functional groups attached to an aromatic ring is 1. The highest BCUT2D eigenvalue weighted by atomic mass is 19.1. The standard InChI is InChI=1S/C24H27FN4O/c1-16-2-6-20(29-12-10-27-11-13-29)7-3-17-14-18(4-8-21(16)17)24(30)28-23-15-19(25)5-9-22(23)26/h3-5,7-9,14-15,27H,2,6,10-13,26H2,1H3,(H,28,30). The van der Waals surface area contributed by atoms with Crippen molar-refractivity contribution in [2.24, 2.45) is 0 Å². The highest BCUT2D eigenvalue weighted by Crippen LogP contribution is 2.20. The molecule has 1 saturated heterocycles. The molecule has 1 aliphatic carbocycles. The summed E-state index contributed by atoms with van der Waals surface area (Å²) in [6, 6.07) is 9.64. The molecule has 2 aromatic carbocycles. The Morgan fingerprint density at radius 1 is 1.10 bits per heavy atom. The molecule has 0 bridgehead atoms. The van der Waals surface area contributed by atoms with Gasteiger partial charge in [0.2, 0.25) is 0 Å². The first kappa shape index (κ1) is 20.2. The van der Waals surface area contributed by atoms with E-state index in [1.54, 1.807) is 0 Å². The van der Waals surface area contributed by atoms with Gasteiger partial charge in [-0.3, -0.25) is 4.79 Å². The van der Waals surface area contributed by atoms with Crippen LogP contribution in [0.25, 0.3) is 11.6 Å². The van der Waals surface area contributed by atoms with Crippen LogP contribution < -0.4 is 26.8 Å². The van der Waals surface area contributed by atoms with E-state index in [1.165, 1.54) is 29.5 Å². The molecule has 1 aliphatic heterocycles. The van der Waals surface area contributed by atoms with Crippen LogP contribution in [0.4, 0.5) is 15.8 Å². The van der Waals surface area contributed by atoms with Gasteiger partial charge in [0, 0.05) is 37.4 Å². The highest BCUT2D eigenvalue weighted by molar-refractivity contribution is 6.05. The molecule has 0 atom stereocenters. The van der Waals surface area contributed by atoms with E-state index < -0.39 is 5.82 Å². The summed E-state index contributed by atoms with van der Waals surface area (Å²) in [5, 5.41) is 8.28. The van der Waals surface area contributed by atoms with Gasteiger partial charge in [0.05, 0.1) is 11.4 Å². The highest BCUT2D eigenvalue weighted by Gasteiger charge is 2.14. The smallest absolute Gasteiger partial charge is 0.255 e. The van der Waals surface area contributed by atoms with Crippen molar-refractivity contribution in [2.75, 3.05) is 37.2 Å². The van der Waals surface area contributed by atoms with Crippen LogP contribution in [0.2, 0.25) is 0 Å². The van der Waals surface area contributed by atoms with Gasteiger partial charge in [0.25, 0.3) is 5.91 Å². The summed E-state index contributed by atoms with van der Waals surface area (Å²) in [5.74, 6) is -0.753. The number of carbonyl (C=O) groups excluding carboxylic acids is 1. The Morgan fingerprint density at radius 3 is 2.70 bits per heavy atom. The number of nitrogens with two attached hydrogens (primary N) is 1. The van der Waals surface area contributed by atoms with E-state index in [0.29, 0.717) is 11.3 Å². The van der Waals surface area contributed by atoms with E-state index in [-0.39, 0.29) is 11.6 Å². The Morgan fingerprint density at radius 2 is 1.90 bits per heavy atom. The average molecular weight is 407 g/mol. The molecule has 0 saturated carbocycles. The largest absolute Gasteiger partial charge is 0.397 e. The van der Waals surface area contributed by atoms with Crippen LogP contribution in [0.1, 0.15) is 30.1 Å². The van der Waals surface area contributed by atoms with E-state index in [4.69, 9.17) is 5.73 Å². The van der Waals surface area contributed by atoms with E-state index in [1.807, 2.05) is 18.2 Å². The van der Waals surface area contributed by atoms with Crippen LogP contribution in [0.3, 0.4) is 0 Å². The Kier molecular flexibility index (Phi) is 5.86. The van der Waals surface area contributed by atoms with Crippen molar-refractivity contribution in [3.05, 3.63) is 70.0 Å². The fourth-order valence-electron chi connectivity index (χ4n) is 4.00. The first-order valence-electron chi connectivity index (χ1n) is 10.3. The van der Waals surface area contributed by atoms with E-state index >= 15 is 0 Å². The second kappa shape index (κ2) is 8.71. The second-order valence-electron chi connectivity index (χ2n) is 7.83. The molecule has 2 aliphatic rings. The van der Waals surface area contributed by atoms with Crippen molar-refractivity contribution in [1.29, 1.82) is 0 Å². The zero-order valence-electron chi connectivity index (χ0n) is 17.2. The van der Waals surface area contributed by atoms with Crippen molar-refractivity contribution in [2.45, 2.75) is 19.8 Å². The summed E-state index contributed by atoms with van der Waals surface area (Å²) in [6.45, 7) is 6.20. The molecule has 0 radical (unpaired) electrons. The predicted octanol–water partition coefficient (Wildman–Crippen LogP) is 2.19. The van der Waals surface area contributed by atoms with Gasteiger partial charge in [0.1, 0.15) is 5.82 Å². The molecule has 156 valence electrons. The number of halogens is 1. The predicted molar refractivity (Wildman–Crippen MR) is 120 cm³/mol. The summed E-state index contributed by atoms with van der Waals surface area (Å²) in [4.78, 5) is 15.2. The van der Waals surface area contributed by atoms with Crippen molar-refractivity contribution in [3.8, 4) is 0 Å². The lowest BCUT2D eigenvalue weighted by Gasteiger charge is -2.32. The second-order valence-corrected chi connectivity index (χ2v) is 7.83. The van der Waals surface area contributed by atoms with Crippen LogP contribution in [-0.4, -0.2) is 37.0 Å². The van der Waals surface area contributed by atoms with Crippen molar-refractivity contribution in [1.82, 2.24) is 10.2 Å². The minimum absolute atomic E-state index is 0.277. The Labute approximate surface area is 175 Å². The number of fused-ring (bicyclic) bond motifs is 1. The number of hydrogen-bond donors (Lipinski definition) is 3. The van der Waals surface area contributed by atoms with Gasteiger partial charge in [-0.25, -0.2) is 4.39 Å². The first-order chi connectivity index (χ1) is 14.5. The number of allylic oxidation sites excluding steroid dienone is 2. The number of benzene rings is 2. The number of piperazine rings is 1. The monoisotopic (exact) mass is 406 g/mol. The Hall–Kier alpha value is -3.12. The number of carbonyl (C=O) groups is 1. The molecule has 1 fully saturated rings. The third-order valence-electron chi connectivity index (χ3n) is 5.77. The molecule has 6 heteroatoms. The molecule has 2 aromatic rings. The zero-order valence-corrected chi connectivity index (χ0v) is 17.2. The number of nitrogens with zero attached hydrogens (tertiary/aromatic N) is 1. The van der Waals surface area contributed by atoms with Gasteiger partial charge >= 0.3 is 0 Å². The third-order valence-corrected chi connectivity index (χ3v) is 5.77. The topological polar surface area (TPSA) is 70.4 Å². The molecule has 0 spiro atoms. The van der Waals surface area contributed by atoms with Crippen molar-refractivity contribution in [3.63, 3.8) is 0 Å². The molecule has 1 amide bonds. The number of amides is 1. The van der Waals surface area contributed by atoms with Crippen LogP contribution >= 0.6 is 0 Å². The lowest BCUT2D eigenvalue weighted by Crippen LogP contribution is -2.43. The molecule has 0 unspecified atom stereocenters. The third kappa shape index (κ3) is 4.39. The van der Waals surface area contributed by atoms with E-state index in [0.717, 1.165) is 49.5 Å². The molecule has 4 N–H and O–H groups in total. The maximum atomic E-state index is 13.5. The lowest BCUT2D eigenvalue weighted by atomic mass is 10.00. The van der Waals surface area contributed by atoms with Gasteiger partial charge in [-0.2, -0.15) is 0 Å². The van der Waals surface area contributed by atoms with Crippen LogP contribution in [0.5, 0.6) is 0 Å². The Bertz CT molecular complexity index is 1120. The van der Waals surface area contributed by atoms with Crippen LogP contribution in [0, 0.1) is 5.82 Å². The number of anilines is 2. The van der Waals surface area contributed by atoms with E-state index in [9.17, 15) is 9.18 Å². The minimum atomic E-state index is -0.443. The summed E-state index contributed by atoms with van der Waals surface area (Å²) in [5.41, 5.74) is 9.63. The number of rotatable bonds is 3. The molecule has 30 heavy (non-hydrogen) atoms. The summed E-state index contributed by atoms with van der Waals surface area (Å²) in [6.07, 6.45) is 6.29. The molecule has 1 heterocycles. The van der Waals surface area contributed by atoms with Gasteiger partial charge in [-0.15, -0.1) is 0 Å². The molecule has 0 aromatic heterocycles. The number of hydrogen-bond acceptors (Lipinski definition) is 4. The van der Waals surface area contributed by atoms with Crippen LogP contribution in [-0.2, 0) is 0 Å². The number of nitrogens with one attached hydrogen (secondary N) is 2. The quantitative estimate of drug-likeness (QED) is 0.684. The van der Waals surface area contributed by atoms with Crippen molar-refractivity contribution < 1.29 is 9.18 Å². The minimum Gasteiger partial charge on any atom is -0.397 e. The normalized spacial score (nSPS) is 16.7. The maximum absolute atomic E-state index is 13.5. The van der Waals surface area contributed by atoms with Gasteiger partial charge in [-0.05, 0) is 66.6 Å². The van der Waals surface area contributed by atoms with Gasteiger partial charge in [-0.1, -0.05) is 17.7 Å². The molecular weight excluding hydrogens is 379 g/mol.